The van der Waals surface area contributed by atoms with E-state index in [4.69, 9.17) is 0 Å². The van der Waals surface area contributed by atoms with Crippen molar-refractivity contribution < 1.29 is 14.7 Å². The topological polar surface area (TPSA) is 84.2 Å². The van der Waals surface area contributed by atoms with Gasteiger partial charge in [-0.25, -0.2) is 0 Å². The van der Waals surface area contributed by atoms with Crippen molar-refractivity contribution in [3.05, 3.63) is 30.0 Å². The molecule has 1 heterocycles. The number of benzene rings is 1. The van der Waals surface area contributed by atoms with E-state index in [-0.39, 0.29) is 11.9 Å². The van der Waals surface area contributed by atoms with Gasteiger partial charge in [-0.1, -0.05) is 18.2 Å². The first-order valence-corrected chi connectivity index (χ1v) is 8.44. The maximum absolute atomic E-state index is 12.8. The highest BCUT2D eigenvalue weighted by Gasteiger charge is 2.38. The minimum atomic E-state index is -0.748. The molecule has 1 amide bonds. The van der Waals surface area contributed by atoms with Crippen LogP contribution in [-0.2, 0) is 11.3 Å². The van der Waals surface area contributed by atoms with Crippen LogP contribution in [0.5, 0.6) is 0 Å². The van der Waals surface area contributed by atoms with E-state index >= 15 is 0 Å². The summed E-state index contributed by atoms with van der Waals surface area (Å²) >= 11 is 0. The smallest absolute Gasteiger partial charge is 0.309 e. The molecule has 128 valence electrons. The molecular weight excluding hydrogens is 306 g/mol. The highest BCUT2D eigenvalue weighted by molar-refractivity contribution is 6.05. The molecule has 2 N–H and O–H groups in total. The first-order valence-electron chi connectivity index (χ1n) is 8.44. The average Bonchev–Trinajstić information content (AvgIpc) is 2.95. The molecule has 2 aromatic rings. The van der Waals surface area contributed by atoms with E-state index in [9.17, 15) is 14.7 Å². The van der Waals surface area contributed by atoms with Crippen molar-refractivity contribution in [2.24, 2.45) is 5.41 Å². The number of carboxylic acids is 1. The number of carboxylic acid groups (broad SMARTS) is 1. The molecule has 3 rings (SSSR count). The Morgan fingerprint density at radius 1 is 1.33 bits per heavy atom. The number of nitrogens with one attached hydrogen (secondary N) is 1. The standard InChI is InChI=1S/C18H23N3O3/c1-3-21-15(13-6-4-5-7-14(13)20-21)16(22)19-12-8-10-18(2,11-9-12)17(23)24/h4-7,12H,3,8-11H2,1-2H3,(H,19,22)(H,23,24). The van der Waals surface area contributed by atoms with Gasteiger partial charge in [0.15, 0.2) is 0 Å². The van der Waals surface area contributed by atoms with E-state index in [1.54, 1.807) is 11.6 Å². The SMILES string of the molecule is CCn1nc2ccccc2c1C(=O)NC1CCC(C)(C(=O)O)CC1. The van der Waals surface area contributed by atoms with Crippen LogP contribution in [0, 0.1) is 5.41 Å². The molecule has 0 aliphatic heterocycles. The van der Waals surface area contributed by atoms with E-state index in [1.165, 1.54) is 0 Å². The Morgan fingerprint density at radius 3 is 2.62 bits per heavy atom. The summed E-state index contributed by atoms with van der Waals surface area (Å²) in [5.41, 5.74) is 0.727. The normalized spacial score (nSPS) is 24.0. The van der Waals surface area contributed by atoms with Gasteiger partial charge in [0.2, 0.25) is 0 Å². The van der Waals surface area contributed by atoms with Crippen molar-refractivity contribution in [3.8, 4) is 0 Å². The lowest BCUT2D eigenvalue weighted by Crippen LogP contribution is -2.42. The molecule has 0 saturated heterocycles. The Kier molecular flexibility index (Phi) is 4.30. The van der Waals surface area contributed by atoms with Gasteiger partial charge < -0.3 is 10.4 Å². The lowest BCUT2D eigenvalue weighted by molar-refractivity contribution is -0.149. The van der Waals surface area contributed by atoms with Gasteiger partial charge in [0.1, 0.15) is 5.69 Å². The fraction of sp³-hybridized carbons (Fsp3) is 0.500. The summed E-state index contributed by atoms with van der Waals surface area (Å²) in [6.45, 7) is 4.37. The number of fused-ring (bicyclic) bond motifs is 1. The van der Waals surface area contributed by atoms with E-state index in [2.05, 4.69) is 10.4 Å². The maximum atomic E-state index is 12.8. The van der Waals surface area contributed by atoms with Crippen molar-refractivity contribution >= 4 is 22.8 Å². The van der Waals surface area contributed by atoms with Gasteiger partial charge in [-0.2, -0.15) is 5.10 Å². The van der Waals surface area contributed by atoms with Gasteiger partial charge in [-0.3, -0.25) is 14.3 Å². The minimum absolute atomic E-state index is 0.0175. The minimum Gasteiger partial charge on any atom is -0.481 e. The molecule has 0 bridgehead atoms. The highest BCUT2D eigenvalue weighted by atomic mass is 16.4. The van der Waals surface area contributed by atoms with Crippen LogP contribution in [0.25, 0.3) is 10.9 Å². The molecular formula is C18H23N3O3. The predicted octanol–water partition coefficient (Wildman–Crippen LogP) is 2.82. The van der Waals surface area contributed by atoms with Crippen molar-refractivity contribution in [3.63, 3.8) is 0 Å². The third-order valence-corrected chi connectivity index (χ3v) is 5.10. The van der Waals surface area contributed by atoms with Gasteiger partial charge in [0, 0.05) is 18.0 Å². The number of aliphatic carboxylic acids is 1. The fourth-order valence-electron chi connectivity index (χ4n) is 3.42. The van der Waals surface area contributed by atoms with Crippen LogP contribution >= 0.6 is 0 Å². The highest BCUT2D eigenvalue weighted by Crippen LogP contribution is 2.36. The molecule has 0 unspecified atom stereocenters. The number of nitrogens with zero attached hydrogens (tertiary/aromatic N) is 2. The molecule has 1 aromatic carbocycles. The van der Waals surface area contributed by atoms with E-state index in [0.29, 0.717) is 37.9 Å². The number of carbonyl (C=O) groups excluding carboxylic acids is 1. The predicted molar refractivity (Wildman–Crippen MR) is 90.9 cm³/mol. The Labute approximate surface area is 140 Å². The third kappa shape index (κ3) is 2.88. The van der Waals surface area contributed by atoms with Crippen LogP contribution in [0.15, 0.2) is 24.3 Å². The molecule has 1 saturated carbocycles. The third-order valence-electron chi connectivity index (χ3n) is 5.10. The summed E-state index contributed by atoms with van der Waals surface area (Å²) in [6.07, 6.45) is 2.54. The lowest BCUT2D eigenvalue weighted by Gasteiger charge is -2.34. The number of carbonyl (C=O) groups is 2. The zero-order valence-electron chi connectivity index (χ0n) is 14.1. The summed E-state index contributed by atoms with van der Waals surface area (Å²) in [7, 11) is 0. The Balaban J connectivity index is 1.76. The van der Waals surface area contributed by atoms with Crippen molar-refractivity contribution in [2.45, 2.75) is 52.1 Å². The van der Waals surface area contributed by atoms with Crippen LogP contribution in [0.4, 0.5) is 0 Å². The molecule has 1 aliphatic rings. The molecule has 6 heteroatoms. The van der Waals surface area contributed by atoms with Crippen molar-refractivity contribution in [1.82, 2.24) is 15.1 Å². The summed E-state index contributed by atoms with van der Waals surface area (Å²) < 4.78 is 1.73. The first-order chi connectivity index (χ1) is 11.4. The Hall–Kier alpha value is -2.37. The van der Waals surface area contributed by atoms with Crippen LogP contribution in [-0.4, -0.2) is 32.8 Å². The molecule has 1 aliphatic carbocycles. The summed E-state index contributed by atoms with van der Waals surface area (Å²) in [4.78, 5) is 24.1. The van der Waals surface area contributed by atoms with Crippen molar-refractivity contribution in [2.75, 3.05) is 0 Å². The van der Waals surface area contributed by atoms with Crippen LogP contribution < -0.4 is 5.32 Å². The largest absolute Gasteiger partial charge is 0.481 e. The summed E-state index contributed by atoms with van der Waals surface area (Å²) in [5.74, 6) is -0.878. The maximum Gasteiger partial charge on any atom is 0.309 e. The Morgan fingerprint density at radius 2 is 2.00 bits per heavy atom. The number of aryl methyl sites for hydroxylation is 1. The zero-order valence-corrected chi connectivity index (χ0v) is 14.1. The molecule has 0 spiro atoms. The lowest BCUT2D eigenvalue weighted by atomic mass is 9.74. The second-order valence-electron chi connectivity index (χ2n) is 6.80. The number of rotatable bonds is 4. The van der Waals surface area contributed by atoms with Gasteiger partial charge >= 0.3 is 5.97 Å². The van der Waals surface area contributed by atoms with Gasteiger partial charge in [0.05, 0.1) is 10.9 Å². The van der Waals surface area contributed by atoms with Crippen LogP contribution in [0.1, 0.15) is 50.0 Å². The monoisotopic (exact) mass is 329 g/mol. The number of amides is 1. The molecule has 0 atom stereocenters. The van der Waals surface area contributed by atoms with Gasteiger partial charge in [-0.15, -0.1) is 0 Å². The molecule has 0 radical (unpaired) electrons. The second kappa shape index (κ2) is 6.26. The molecule has 6 nitrogen and oxygen atoms in total. The van der Waals surface area contributed by atoms with Gasteiger partial charge in [0.25, 0.3) is 5.91 Å². The van der Waals surface area contributed by atoms with Gasteiger partial charge in [-0.05, 0) is 45.6 Å². The second-order valence-corrected chi connectivity index (χ2v) is 6.80. The van der Waals surface area contributed by atoms with E-state index in [1.807, 2.05) is 31.2 Å². The molecule has 24 heavy (non-hydrogen) atoms. The fourth-order valence-corrected chi connectivity index (χ4v) is 3.42. The van der Waals surface area contributed by atoms with Crippen molar-refractivity contribution in [1.29, 1.82) is 0 Å². The Bertz CT molecular complexity index is 773. The van der Waals surface area contributed by atoms with Crippen LogP contribution in [0.3, 0.4) is 0 Å². The summed E-state index contributed by atoms with van der Waals surface area (Å²) in [5, 5.41) is 17.7. The van der Waals surface area contributed by atoms with E-state index in [0.717, 1.165) is 10.9 Å². The van der Waals surface area contributed by atoms with E-state index < -0.39 is 11.4 Å². The molecule has 1 aromatic heterocycles. The number of hydrogen-bond donors (Lipinski definition) is 2. The first kappa shape index (κ1) is 16.5. The average molecular weight is 329 g/mol. The van der Waals surface area contributed by atoms with Crippen LogP contribution in [0.2, 0.25) is 0 Å². The number of aromatic nitrogens is 2. The zero-order chi connectivity index (χ0) is 17.3. The summed E-state index contributed by atoms with van der Waals surface area (Å²) in [6, 6.07) is 7.64. The molecule has 1 fully saturated rings. The number of hydrogen-bond acceptors (Lipinski definition) is 3. The quantitative estimate of drug-likeness (QED) is 0.903.